The van der Waals surface area contributed by atoms with Crippen LogP contribution in [0.5, 0.6) is 11.5 Å². The number of allylic oxidation sites excluding steroid dienone is 1. The molecule has 4 heteroatoms. The summed E-state index contributed by atoms with van der Waals surface area (Å²) in [4.78, 5) is 13.3. The van der Waals surface area contributed by atoms with Crippen LogP contribution in [0.2, 0.25) is 0 Å². The lowest BCUT2D eigenvalue weighted by atomic mass is 9.77. The summed E-state index contributed by atoms with van der Waals surface area (Å²) < 4.78 is 19.9. The lowest BCUT2D eigenvalue weighted by Gasteiger charge is -2.27. The van der Waals surface area contributed by atoms with Crippen molar-refractivity contribution in [1.82, 2.24) is 4.90 Å². The number of nitrogens with zero attached hydrogens (tertiary/aromatic N) is 1. The first-order valence-electron chi connectivity index (χ1n) is 8.71. The largest absolute Gasteiger partial charge is 0.454 e. The topological polar surface area (TPSA) is 29.5 Å². The summed E-state index contributed by atoms with van der Waals surface area (Å²) in [5.41, 5.74) is 1.51. The van der Waals surface area contributed by atoms with Crippen LogP contribution >= 0.6 is 0 Å². The predicted octanol–water partition coefficient (Wildman–Crippen LogP) is 5.56. The van der Waals surface area contributed by atoms with Crippen molar-refractivity contribution in [1.29, 1.82) is 0 Å². The molecule has 0 aromatic heterocycles. The quantitative estimate of drug-likeness (QED) is 0.608. The van der Waals surface area contributed by atoms with Gasteiger partial charge in [0.25, 0.3) is 5.91 Å². The Morgan fingerprint density at radius 2 is 1.88 bits per heavy atom. The van der Waals surface area contributed by atoms with Crippen molar-refractivity contribution in [3.8, 4) is 11.5 Å². The molecule has 1 unspecified atom stereocenters. The Labute approximate surface area is 155 Å². The molecule has 1 atom stereocenters. The maximum Gasteiger partial charge on any atom is 0.253 e. The number of halogens is 1. The van der Waals surface area contributed by atoms with Crippen molar-refractivity contribution in [3.63, 3.8) is 0 Å². The van der Waals surface area contributed by atoms with E-state index in [1.165, 1.54) is 22.6 Å². The molecule has 26 heavy (non-hydrogen) atoms. The molecule has 1 amide bonds. The summed E-state index contributed by atoms with van der Waals surface area (Å²) >= 11 is 0. The molecule has 0 saturated carbocycles. The molecule has 0 aliphatic carbocycles. The van der Waals surface area contributed by atoms with Crippen LogP contribution < -0.4 is 4.74 Å². The maximum atomic E-state index is 14.3. The van der Waals surface area contributed by atoms with E-state index in [0.29, 0.717) is 11.3 Å². The Hall–Kier alpha value is -2.62. The van der Waals surface area contributed by atoms with Gasteiger partial charge in [0.2, 0.25) is 0 Å². The standard InChI is InChI=1S/C22H26FNO2/c1-6-14-22(3,7-2)17-9-11-18(12-10-17)26-20-13-8-16(15-19(20)23)21(25)24(4)5/h6,8-13,15H,1,7,14H2,2-5H3. The van der Waals surface area contributed by atoms with Gasteiger partial charge < -0.3 is 9.64 Å². The fourth-order valence-corrected chi connectivity index (χ4v) is 2.81. The van der Waals surface area contributed by atoms with E-state index in [-0.39, 0.29) is 17.1 Å². The molecular weight excluding hydrogens is 329 g/mol. The number of carbonyl (C=O) groups excluding carboxylic acids is 1. The van der Waals surface area contributed by atoms with Crippen LogP contribution in [0, 0.1) is 5.82 Å². The molecule has 138 valence electrons. The number of ether oxygens (including phenoxy) is 1. The van der Waals surface area contributed by atoms with Crippen LogP contribution in [0.25, 0.3) is 0 Å². The first-order chi connectivity index (χ1) is 12.3. The van der Waals surface area contributed by atoms with Gasteiger partial charge in [0.15, 0.2) is 11.6 Å². The zero-order valence-corrected chi connectivity index (χ0v) is 15.9. The highest BCUT2D eigenvalue weighted by atomic mass is 19.1. The lowest BCUT2D eigenvalue weighted by Crippen LogP contribution is -2.21. The van der Waals surface area contributed by atoms with Gasteiger partial charge in [-0.15, -0.1) is 6.58 Å². The fourth-order valence-electron chi connectivity index (χ4n) is 2.81. The molecule has 2 rings (SSSR count). The Morgan fingerprint density at radius 1 is 1.23 bits per heavy atom. The van der Waals surface area contributed by atoms with Crippen molar-refractivity contribution < 1.29 is 13.9 Å². The summed E-state index contributed by atoms with van der Waals surface area (Å²) in [6.45, 7) is 8.19. The molecule has 3 nitrogen and oxygen atoms in total. The molecule has 0 heterocycles. The van der Waals surface area contributed by atoms with Crippen LogP contribution in [-0.2, 0) is 5.41 Å². The first kappa shape index (κ1) is 19.7. The molecule has 2 aromatic rings. The minimum Gasteiger partial charge on any atom is -0.454 e. The molecule has 0 fully saturated rings. The number of benzene rings is 2. The summed E-state index contributed by atoms with van der Waals surface area (Å²) in [6.07, 6.45) is 3.81. The number of hydrogen-bond acceptors (Lipinski definition) is 2. The summed E-state index contributed by atoms with van der Waals surface area (Å²) in [7, 11) is 3.26. The van der Waals surface area contributed by atoms with Gasteiger partial charge in [-0.05, 0) is 54.2 Å². The van der Waals surface area contributed by atoms with Crippen molar-refractivity contribution in [2.75, 3.05) is 14.1 Å². The first-order valence-corrected chi connectivity index (χ1v) is 8.71. The van der Waals surface area contributed by atoms with Gasteiger partial charge in [-0.2, -0.15) is 0 Å². The molecule has 0 aliphatic rings. The fraction of sp³-hybridized carbons (Fsp3) is 0.318. The van der Waals surface area contributed by atoms with Crippen LogP contribution in [0.3, 0.4) is 0 Å². The van der Waals surface area contributed by atoms with E-state index in [2.05, 4.69) is 20.4 Å². The van der Waals surface area contributed by atoms with E-state index < -0.39 is 5.82 Å². The molecule has 0 bridgehead atoms. The second-order valence-electron chi connectivity index (χ2n) is 6.88. The third-order valence-corrected chi connectivity index (χ3v) is 4.74. The number of carbonyl (C=O) groups is 1. The minimum absolute atomic E-state index is 0.0275. The highest BCUT2D eigenvalue weighted by Crippen LogP contribution is 2.33. The summed E-state index contributed by atoms with van der Waals surface area (Å²) in [6, 6.07) is 11.9. The van der Waals surface area contributed by atoms with Crippen LogP contribution in [0.4, 0.5) is 4.39 Å². The van der Waals surface area contributed by atoms with Gasteiger partial charge >= 0.3 is 0 Å². The average Bonchev–Trinajstić information content (AvgIpc) is 2.63. The third kappa shape index (κ3) is 4.31. The zero-order valence-electron chi connectivity index (χ0n) is 15.9. The monoisotopic (exact) mass is 355 g/mol. The second kappa shape index (κ2) is 8.17. The third-order valence-electron chi connectivity index (χ3n) is 4.74. The van der Waals surface area contributed by atoms with E-state index in [1.807, 2.05) is 30.3 Å². The molecule has 0 radical (unpaired) electrons. The normalized spacial score (nSPS) is 13.0. The van der Waals surface area contributed by atoms with Crippen molar-refractivity contribution in [3.05, 3.63) is 72.1 Å². The van der Waals surface area contributed by atoms with E-state index >= 15 is 0 Å². The molecule has 2 aromatic carbocycles. The number of amides is 1. The van der Waals surface area contributed by atoms with E-state index in [9.17, 15) is 9.18 Å². The van der Waals surface area contributed by atoms with Gasteiger partial charge in [-0.25, -0.2) is 4.39 Å². The van der Waals surface area contributed by atoms with Gasteiger partial charge in [0.05, 0.1) is 0 Å². The maximum absolute atomic E-state index is 14.3. The predicted molar refractivity (Wildman–Crippen MR) is 103 cm³/mol. The van der Waals surface area contributed by atoms with E-state index in [1.54, 1.807) is 20.2 Å². The van der Waals surface area contributed by atoms with Gasteiger partial charge in [-0.1, -0.05) is 32.1 Å². The summed E-state index contributed by atoms with van der Waals surface area (Å²) in [5, 5.41) is 0. The number of hydrogen-bond donors (Lipinski definition) is 0. The highest BCUT2D eigenvalue weighted by molar-refractivity contribution is 5.94. The second-order valence-corrected chi connectivity index (χ2v) is 6.88. The zero-order chi connectivity index (χ0) is 19.3. The Kier molecular flexibility index (Phi) is 6.19. The molecule has 0 saturated heterocycles. The Bertz CT molecular complexity index is 783. The van der Waals surface area contributed by atoms with Gasteiger partial charge in [-0.3, -0.25) is 4.79 Å². The van der Waals surface area contributed by atoms with Crippen molar-refractivity contribution in [2.24, 2.45) is 0 Å². The van der Waals surface area contributed by atoms with Gasteiger partial charge in [0.1, 0.15) is 5.75 Å². The van der Waals surface area contributed by atoms with Gasteiger partial charge in [0, 0.05) is 19.7 Å². The van der Waals surface area contributed by atoms with E-state index in [0.717, 1.165) is 12.8 Å². The van der Waals surface area contributed by atoms with Crippen LogP contribution in [0.1, 0.15) is 42.6 Å². The van der Waals surface area contributed by atoms with Crippen LogP contribution in [-0.4, -0.2) is 24.9 Å². The average molecular weight is 355 g/mol. The van der Waals surface area contributed by atoms with E-state index in [4.69, 9.17) is 4.74 Å². The molecular formula is C22H26FNO2. The lowest BCUT2D eigenvalue weighted by molar-refractivity contribution is 0.0827. The number of rotatable bonds is 7. The molecule has 0 spiro atoms. The minimum atomic E-state index is -0.563. The SMILES string of the molecule is C=CCC(C)(CC)c1ccc(Oc2ccc(C(=O)N(C)C)cc2F)cc1. The summed E-state index contributed by atoms with van der Waals surface area (Å²) in [5.74, 6) is -0.165. The van der Waals surface area contributed by atoms with Crippen molar-refractivity contribution >= 4 is 5.91 Å². The molecule has 0 N–H and O–H groups in total. The smallest absolute Gasteiger partial charge is 0.253 e. The Balaban J connectivity index is 2.19. The molecule has 0 aliphatic heterocycles. The Morgan fingerprint density at radius 3 is 2.38 bits per heavy atom. The van der Waals surface area contributed by atoms with Crippen LogP contribution in [0.15, 0.2) is 55.1 Å². The van der Waals surface area contributed by atoms with Crippen molar-refractivity contribution in [2.45, 2.75) is 32.1 Å². The highest BCUT2D eigenvalue weighted by Gasteiger charge is 2.22.